The van der Waals surface area contributed by atoms with Gasteiger partial charge in [-0.25, -0.2) is 4.98 Å². The van der Waals surface area contributed by atoms with E-state index in [9.17, 15) is 4.79 Å². The van der Waals surface area contributed by atoms with E-state index in [4.69, 9.17) is 10.5 Å². The summed E-state index contributed by atoms with van der Waals surface area (Å²) in [6.07, 6.45) is 1.70. The molecule has 0 bridgehead atoms. The Balaban J connectivity index is 1.97. The fourth-order valence-electron chi connectivity index (χ4n) is 1.96. The van der Waals surface area contributed by atoms with E-state index in [1.165, 1.54) is 0 Å². The van der Waals surface area contributed by atoms with Crippen LogP contribution < -0.4 is 11.1 Å². The second-order valence-electron chi connectivity index (χ2n) is 4.73. The molecule has 2 rings (SSSR count). The Morgan fingerprint density at radius 1 is 1.53 bits per heavy atom. The molecule has 6 heteroatoms. The van der Waals surface area contributed by atoms with Gasteiger partial charge in [-0.2, -0.15) is 0 Å². The second-order valence-corrected chi connectivity index (χ2v) is 4.73. The van der Waals surface area contributed by atoms with Gasteiger partial charge in [0, 0.05) is 31.0 Å². The Morgan fingerprint density at radius 2 is 2.21 bits per heavy atom. The molecule has 1 amide bonds. The molecule has 6 nitrogen and oxygen atoms in total. The number of rotatable bonds is 3. The number of morpholine rings is 1. The lowest BCUT2D eigenvalue weighted by molar-refractivity contribution is -0.135. The number of nitrogens with one attached hydrogen (secondary N) is 1. The Labute approximate surface area is 112 Å². The first-order chi connectivity index (χ1) is 9.08. The number of pyridine rings is 1. The van der Waals surface area contributed by atoms with E-state index in [1.807, 2.05) is 13.8 Å². The highest BCUT2D eigenvalue weighted by molar-refractivity contribution is 5.84. The van der Waals surface area contributed by atoms with Crippen LogP contribution in [0.2, 0.25) is 0 Å². The average Bonchev–Trinajstić information content (AvgIpc) is 2.43. The number of nitrogens with zero attached hydrogens (tertiary/aromatic N) is 2. The average molecular weight is 264 g/mol. The van der Waals surface area contributed by atoms with Crippen LogP contribution in [0.3, 0.4) is 0 Å². The minimum atomic E-state index is -0.326. The number of carbonyl (C=O) groups excluding carboxylic acids is 1. The Bertz CT molecular complexity index is 458. The zero-order chi connectivity index (χ0) is 13.8. The highest BCUT2D eigenvalue weighted by atomic mass is 16.5. The molecule has 3 N–H and O–H groups in total. The SMILES string of the molecule is Cc1cnc(NC(C)C(=O)N2CCOCC2)cc1N. The van der Waals surface area contributed by atoms with Gasteiger partial charge in [0.05, 0.1) is 13.2 Å². The highest BCUT2D eigenvalue weighted by Gasteiger charge is 2.22. The molecule has 1 atom stereocenters. The molecule has 0 radical (unpaired) electrons. The highest BCUT2D eigenvalue weighted by Crippen LogP contribution is 2.15. The Kier molecular flexibility index (Phi) is 4.21. The predicted octanol–water partition coefficient (Wildman–Crippen LogP) is 0.631. The maximum Gasteiger partial charge on any atom is 0.244 e. The third-order valence-electron chi connectivity index (χ3n) is 3.20. The molecule has 19 heavy (non-hydrogen) atoms. The number of nitrogens with two attached hydrogens (primary N) is 1. The molecule has 1 aromatic rings. The van der Waals surface area contributed by atoms with Crippen LogP contribution in [0.5, 0.6) is 0 Å². The molecular weight excluding hydrogens is 244 g/mol. The van der Waals surface area contributed by atoms with Crippen molar-refractivity contribution in [3.63, 3.8) is 0 Å². The lowest BCUT2D eigenvalue weighted by atomic mass is 10.2. The lowest BCUT2D eigenvalue weighted by Crippen LogP contribution is -2.47. The number of aromatic nitrogens is 1. The zero-order valence-corrected chi connectivity index (χ0v) is 11.3. The van der Waals surface area contributed by atoms with Crippen molar-refractivity contribution in [1.82, 2.24) is 9.88 Å². The van der Waals surface area contributed by atoms with Crippen LogP contribution in [0.25, 0.3) is 0 Å². The van der Waals surface area contributed by atoms with Crippen molar-refractivity contribution in [1.29, 1.82) is 0 Å². The third-order valence-corrected chi connectivity index (χ3v) is 3.20. The van der Waals surface area contributed by atoms with E-state index in [0.29, 0.717) is 37.8 Å². The van der Waals surface area contributed by atoms with Gasteiger partial charge in [0.25, 0.3) is 0 Å². The molecule has 1 aliphatic rings. The summed E-state index contributed by atoms with van der Waals surface area (Å²) in [6.45, 7) is 6.23. The second kappa shape index (κ2) is 5.88. The van der Waals surface area contributed by atoms with Crippen molar-refractivity contribution < 1.29 is 9.53 Å². The van der Waals surface area contributed by atoms with Crippen molar-refractivity contribution in [2.45, 2.75) is 19.9 Å². The quantitative estimate of drug-likeness (QED) is 0.837. The van der Waals surface area contributed by atoms with Crippen molar-refractivity contribution in [2.75, 3.05) is 37.4 Å². The van der Waals surface area contributed by atoms with Crippen LogP contribution in [0.1, 0.15) is 12.5 Å². The number of ether oxygens (including phenoxy) is 1. The van der Waals surface area contributed by atoms with Gasteiger partial charge < -0.3 is 20.7 Å². The first-order valence-corrected chi connectivity index (χ1v) is 6.43. The summed E-state index contributed by atoms with van der Waals surface area (Å²) < 4.78 is 5.23. The number of anilines is 2. The standard InChI is InChI=1S/C13H20N4O2/c1-9-8-15-12(7-11(9)14)16-10(2)13(18)17-3-5-19-6-4-17/h7-8,10H,3-6H2,1-2H3,(H3,14,15,16). The van der Waals surface area contributed by atoms with Crippen LogP contribution in [-0.2, 0) is 9.53 Å². The minimum absolute atomic E-state index is 0.0595. The number of hydrogen-bond donors (Lipinski definition) is 2. The molecule has 1 unspecified atom stereocenters. The maximum atomic E-state index is 12.2. The summed E-state index contributed by atoms with van der Waals surface area (Å²) in [5.41, 5.74) is 7.42. The van der Waals surface area contributed by atoms with Crippen molar-refractivity contribution in [2.24, 2.45) is 0 Å². The summed E-state index contributed by atoms with van der Waals surface area (Å²) in [5, 5.41) is 3.08. The molecule has 1 saturated heterocycles. The monoisotopic (exact) mass is 264 g/mol. The molecule has 0 aromatic carbocycles. The van der Waals surface area contributed by atoms with Gasteiger partial charge >= 0.3 is 0 Å². The Hall–Kier alpha value is -1.82. The van der Waals surface area contributed by atoms with Gasteiger partial charge in [0.1, 0.15) is 11.9 Å². The molecule has 2 heterocycles. The number of aryl methyl sites for hydroxylation is 1. The summed E-state index contributed by atoms with van der Waals surface area (Å²) >= 11 is 0. The van der Waals surface area contributed by atoms with Gasteiger partial charge in [-0.1, -0.05) is 0 Å². The summed E-state index contributed by atoms with van der Waals surface area (Å²) in [7, 11) is 0. The molecule has 0 saturated carbocycles. The first-order valence-electron chi connectivity index (χ1n) is 6.43. The zero-order valence-electron chi connectivity index (χ0n) is 11.3. The molecular formula is C13H20N4O2. The fraction of sp³-hybridized carbons (Fsp3) is 0.538. The number of carbonyl (C=O) groups is 1. The minimum Gasteiger partial charge on any atom is -0.398 e. The normalized spacial score (nSPS) is 17.1. The molecule has 0 aliphatic carbocycles. The van der Waals surface area contributed by atoms with Gasteiger partial charge in [-0.15, -0.1) is 0 Å². The van der Waals surface area contributed by atoms with Crippen molar-refractivity contribution in [3.05, 3.63) is 17.8 Å². The Morgan fingerprint density at radius 3 is 2.84 bits per heavy atom. The fourth-order valence-corrected chi connectivity index (χ4v) is 1.96. The van der Waals surface area contributed by atoms with Crippen LogP contribution in [0.4, 0.5) is 11.5 Å². The van der Waals surface area contributed by atoms with Crippen LogP contribution >= 0.6 is 0 Å². The van der Waals surface area contributed by atoms with Gasteiger partial charge in [-0.05, 0) is 19.4 Å². The van der Waals surface area contributed by atoms with E-state index < -0.39 is 0 Å². The maximum absolute atomic E-state index is 12.2. The summed E-state index contributed by atoms with van der Waals surface area (Å²) in [5.74, 6) is 0.682. The molecule has 1 aromatic heterocycles. The van der Waals surface area contributed by atoms with Crippen LogP contribution in [0.15, 0.2) is 12.3 Å². The van der Waals surface area contributed by atoms with Crippen molar-refractivity contribution >= 4 is 17.4 Å². The molecule has 0 spiro atoms. The molecule has 1 aliphatic heterocycles. The number of amides is 1. The lowest BCUT2D eigenvalue weighted by Gasteiger charge is -2.29. The van der Waals surface area contributed by atoms with Crippen molar-refractivity contribution in [3.8, 4) is 0 Å². The number of hydrogen-bond acceptors (Lipinski definition) is 5. The van der Waals surface area contributed by atoms with Gasteiger partial charge in [0.2, 0.25) is 5.91 Å². The van der Waals surface area contributed by atoms with Crippen LogP contribution in [0, 0.1) is 6.92 Å². The first kappa shape index (κ1) is 13.6. The van der Waals surface area contributed by atoms with Gasteiger partial charge in [0.15, 0.2) is 0 Å². The van der Waals surface area contributed by atoms with E-state index in [1.54, 1.807) is 17.2 Å². The number of nitrogen functional groups attached to an aromatic ring is 1. The topological polar surface area (TPSA) is 80.5 Å². The third kappa shape index (κ3) is 3.35. The summed E-state index contributed by atoms with van der Waals surface area (Å²) in [4.78, 5) is 18.2. The molecule has 104 valence electrons. The summed E-state index contributed by atoms with van der Waals surface area (Å²) in [6, 6.07) is 1.42. The van der Waals surface area contributed by atoms with Gasteiger partial charge in [-0.3, -0.25) is 4.79 Å². The molecule has 1 fully saturated rings. The van der Waals surface area contributed by atoms with E-state index in [-0.39, 0.29) is 11.9 Å². The van der Waals surface area contributed by atoms with Crippen LogP contribution in [-0.4, -0.2) is 48.1 Å². The largest absolute Gasteiger partial charge is 0.398 e. The predicted molar refractivity (Wildman–Crippen MR) is 73.9 cm³/mol. The van der Waals surface area contributed by atoms with E-state index in [2.05, 4.69) is 10.3 Å². The smallest absolute Gasteiger partial charge is 0.244 e. The van der Waals surface area contributed by atoms with E-state index >= 15 is 0 Å². The van der Waals surface area contributed by atoms with E-state index in [0.717, 1.165) is 5.56 Å².